The molecule has 152 valence electrons. The zero-order valence-corrected chi connectivity index (χ0v) is 17.1. The first-order valence-corrected chi connectivity index (χ1v) is 10.7. The molecule has 7 nitrogen and oxygen atoms in total. The molecule has 1 aromatic heterocycles. The van der Waals surface area contributed by atoms with E-state index in [0.29, 0.717) is 11.6 Å². The number of nitrogens with zero attached hydrogens (tertiary/aromatic N) is 2. The van der Waals surface area contributed by atoms with E-state index in [2.05, 4.69) is 15.6 Å². The second kappa shape index (κ2) is 7.94. The first-order chi connectivity index (χ1) is 14.0. The molecule has 1 saturated heterocycles. The summed E-state index contributed by atoms with van der Waals surface area (Å²) in [5, 5.41) is 6.04. The third-order valence-electron chi connectivity index (χ3n) is 5.82. The van der Waals surface area contributed by atoms with Gasteiger partial charge in [0.1, 0.15) is 12.1 Å². The molecule has 2 aliphatic rings. The molecule has 2 aromatic rings. The highest BCUT2D eigenvalue weighted by Gasteiger charge is 2.55. The number of carbonyl (C=O) groups is 3. The van der Waals surface area contributed by atoms with Crippen molar-refractivity contribution in [2.24, 2.45) is 5.92 Å². The van der Waals surface area contributed by atoms with E-state index in [4.69, 9.17) is 0 Å². The Hall–Kier alpha value is -2.74. The van der Waals surface area contributed by atoms with Crippen LogP contribution in [0.15, 0.2) is 36.5 Å². The van der Waals surface area contributed by atoms with E-state index in [1.807, 2.05) is 37.3 Å². The number of benzene rings is 1. The molecule has 1 saturated carbocycles. The average molecular weight is 413 g/mol. The predicted molar refractivity (Wildman–Crippen MR) is 111 cm³/mol. The molecule has 1 aliphatic heterocycles. The number of nitrogens with one attached hydrogen (secondary N) is 2. The summed E-state index contributed by atoms with van der Waals surface area (Å²) in [6, 6.07) is 9.53. The molecule has 2 heterocycles. The van der Waals surface area contributed by atoms with Crippen LogP contribution < -0.4 is 10.6 Å². The van der Waals surface area contributed by atoms with Crippen LogP contribution in [0.1, 0.15) is 43.0 Å². The van der Waals surface area contributed by atoms with E-state index in [9.17, 15) is 14.4 Å². The highest BCUT2D eigenvalue weighted by molar-refractivity contribution is 7.15. The molecule has 1 aromatic carbocycles. The lowest BCUT2D eigenvalue weighted by Gasteiger charge is -2.36. The maximum absolute atomic E-state index is 12.9. The minimum atomic E-state index is -0.848. The summed E-state index contributed by atoms with van der Waals surface area (Å²) >= 11 is 1.39. The monoisotopic (exact) mass is 412 g/mol. The van der Waals surface area contributed by atoms with Crippen molar-refractivity contribution >= 4 is 34.3 Å². The summed E-state index contributed by atoms with van der Waals surface area (Å²) in [7, 11) is 0. The van der Waals surface area contributed by atoms with Crippen molar-refractivity contribution in [2.75, 3.05) is 11.9 Å². The number of amides is 4. The minimum absolute atomic E-state index is 0.0697. The molecule has 4 rings (SSSR count). The molecule has 0 radical (unpaired) electrons. The highest BCUT2D eigenvalue weighted by Crippen LogP contribution is 2.38. The average Bonchev–Trinajstić information content (AvgIpc) is 3.23. The number of urea groups is 1. The second-order valence-electron chi connectivity index (χ2n) is 7.78. The third-order valence-corrected chi connectivity index (χ3v) is 6.74. The molecule has 2 unspecified atom stereocenters. The van der Waals surface area contributed by atoms with Gasteiger partial charge in [0.2, 0.25) is 5.91 Å². The Morgan fingerprint density at radius 1 is 1.31 bits per heavy atom. The molecule has 2 N–H and O–H groups in total. The zero-order chi connectivity index (χ0) is 20.4. The Labute approximate surface area is 173 Å². The van der Waals surface area contributed by atoms with E-state index in [0.717, 1.165) is 35.5 Å². The Kier molecular flexibility index (Phi) is 5.36. The summed E-state index contributed by atoms with van der Waals surface area (Å²) < 4.78 is 0. The molecule has 4 amide bonds. The number of anilines is 1. The van der Waals surface area contributed by atoms with Crippen LogP contribution >= 0.6 is 11.3 Å². The van der Waals surface area contributed by atoms with E-state index >= 15 is 0 Å². The van der Waals surface area contributed by atoms with Gasteiger partial charge >= 0.3 is 6.03 Å². The van der Waals surface area contributed by atoms with E-state index in [1.165, 1.54) is 16.9 Å². The smallest absolute Gasteiger partial charge is 0.323 e. The van der Waals surface area contributed by atoms with Gasteiger partial charge in [0.15, 0.2) is 5.13 Å². The van der Waals surface area contributed by atoms with Crippen LogP contribution in [-0.2, 0) is 16.0 Å². The summed E-state index contributed by atoms with van der Waals surface area (Å²) in [5.74, 6) is -0.636. The largest absolute Gasteiger partial charge is 0.325 e. The van der Waals surface area contributed by atoms with Gasteiger partial charge in [0, 0.05) is 17.5 Å². The van der Waals surface area contributed by atoms with Crippen molar-refractivity contribution in [3.63, 3.8) is 0 Å². The number of hydrogen-bond acceptors (Lipinski definition) is 5. The molecule has 1 spiro atoms. The molecular formula is C21H24N4O3S. The van der Waals surface area contributed by atoms with Crippen molar-refractivity contribution in [3.8, 4) is 0 Å². The summed E-state index contributed by atoms with van der Waals surface area (Å²) in [5.41, 5.74) is 0.319. The lowest BCUT2D eigenvalue weighted by atomic mass is 9.73. The molecular weight excluding hydrogens is 388 g/mol. The first-order valence-electron chi connectivity index (χ1n) is 9.90. The minimum Gasteiger partial charge on any atom is -0.323 e. The van der Waals surface area contributed by atoms with Gasteiger partial charge in [-0.15, -0.1) is 11.3 Å². The number of hydrogen-bond donors (Lipinski definition) is 2. The predicted octanol–water partition coefficient (Wildman–Crippen LogP) is 3.17. The molecule has 29 heavy (non-hydrogen) atoms. The van der Waals surface area contributed by atoms with Crippen LogP contribution in [0.25, 0.3) is 0 Å². The fraction of sp³-hybridized carbons (Fsp3) is 0.429. The van der Waals surface area contributed by atoms with Gasteiger partial charge in [-0.1, -0.05) is 50.1 Å². The summed E-state index contributed by atoms with van der Waals surface area (Å²) in [4.78, 5) is 44.1. The van der Waals surface area contributed by atoms with Crippen molar-refractivity contribution in [3.05, 3.63) is 47.0 Å². The maximum Gasteiger partial charge on any atom is 0.325 e. The van der Waals surface area contributed by atoms with Gasteiger partial charge < -0.3 is 10.6 Å². The van der Waals surface area contributed by atoms with Crippen molar-refractivity contribution in [1.82, 2.24) is 15.2 Å². The van der Waals surface area contributed by atoms with Crippen molar-refractivity contribution in [2.45, 2.75) is 44.6 Å². The van der Waals surface area contributed by atoms with Crippen LogP contribution in [0.2, 0.25) is 0 Å². The Balaban J connectivity index is 1.37. The number of aromatic nitrogens is 1. The summed E-state index contributed by atoms with van der Waals surface area (Å²) in [6.45, 7) is 1.69. The standard InChI is InChI=1S/C21H24N4O3S/c1-14-7-5-6-10-21(14)18(27)25(20(28)24-21)13-17(26)23-19-22-12-16(29-19)11-15-8-3-2-4-9-15/h2-4,8-9,12,14H,5-7,10-11,13H2,1H3,(H,24,28)(H,22,23,26). The lowest BCUT2D eigenvalue weighted by molar-refractivity contribution is -0.136. The third kappa shape index (κ3) is 3.89. The van der Waals surface area contributed by atoms with Crippen LogP contribution in [0.3, 0.4) is 0 Å². The van der Waals surface area contributed by atoms with Gasteiger partial charge in [-0.2, -0.15) is 0 Å². The van der Waals surface area contributed by atoms with Gasteiger partial charge in [-0.05, 0) is 24.3 Å². The fourth-order valence-electron chi connectivity index (χ4n) is 4.19. The van der Waals surface area contributed by atoms with Gasteiger partial charge in [0.05, 0.1) is 0 Å². The second-order valence-corrected chi connectivity index (χ2v) is 8.90. The Morgan fingerprint density at radius 3 is 2.86 bits per heavy atom. The molecule has 1 aliphatic carbocycles. The van der Waals surface area contributed by atoms with Crippen LogP contribution in [-0.4, -0.2) is 39.8 Å². The molecule has 2 atom stereocenters. The van der Waals surface area contributed by atoms with Crippen LogP contribution in [0, 0.1) is 5.92 Å². The van der Waals surface area contributed by atoms with Gasteiger partial charge in [-0.3, -0.25) is 14.5 Å². The zero-order valence-electron chi connectivity index (χ0n) is 16.3. The van der Waals surface area contributed by atoms with Crippen molar-refractivity contribution in [1.29, 1.82) is 0 Å². The number of rotatable bonds is 5. The topological polar surface area (TPSA) is 91.4 Å². The SMILES string of the molecule is CC1CCCCC12NC(=O)N(CC(=O)Nc1ncc(Cc3ccccc3)s1)C2=O. The molecule has 0 bridgehead atoms. The highest BCUT2D eigenvalue weighted by atomic mass is 32.1. The van der Waals surface area contributed by atoms with Gasteiger partial charge in [-0.25, -0.2) is 9.78 Å². The van der Waals surface area contributed by atoms with Crippen molar-refractivity contribution < 1.29 is 14.4 Å². The van der Waals surface area contributed by atoms with E-state index in [-0.39, 0.29) is 18.4 Å². The normalized spacial score (nSPS) is 24.0. The first kappa shape index (κ1) is 19.6. The maximum atomic E-state index is 12.9. The number of thiazole rings is 1. The quantitative estimate of drug-likeness (QED) is 0.738. The number of imide groups is 1. The Morgan fingerprint density at radius 2 is 2.10 bits per heavy atom. The fourth-order valence-corrected chi connectivity index (χ4v) is 5.05. The van der Waals surface area contributed by atoms with Crippen LogP contribution in [0.5, 0.6) is 0 Å². The Bertz CT molecular complexity index is 929. The van der Waals surface area contributed by atoms with E-state index in [1.54, 1.807) is 6.20 Å². The number of carbonyl (C=O) groups excluding carboxylic acids is 3. The summed E-state index contributed by atoms with van der Waals surface area (Å²) in [6.07, 6.45) is 5.96. The molecule has 8 heteroatoms. The van der Waals surface area contributed by atoms with Crippen LogP contribution in [0.4, 0.5) is 9.93 Å². The van der Waals surface area contributed by atoms with E-state index < -0.39 is 17.5 Å². The lowest BCUT2D eigenvalue weighted by Crippen LogP contribution is -2.54. The van der Waals surface area contributed by atoms with Gasteiger partial charge in [0.25, 0.3) is 5.91 Å². The molecule has 2 fully saturated rings.